The molecule has 80 valence electrons. The number of aromatic nitrogens is 2. The van der Waals surface area contributed by atoms with E-state index in [4.69, 9.17) is 5.11 Å². The Morgan fingerprint density at radius 3 is 2.87 bits per heavy atom. The Kier molecular flexibility index (Phi) is 2.30. The van der Waals surface area contributed by atoms with E-state index in [2.05, 4.69) is 4.98 Å². The number of hydrogen-bond acceptors (Lipinski definition) is 3. The third-order valence-electron chi connectivity index (χ3n) is 2.68. The first-order valence-electron chi connectivity index (χ1n) is 4.90. The molecule has 0 bridgehead atoms. The number of nitrogens with zero attached hydrogens (tertiary/aromatic N) is 2. The maximum absolute atomic E-state index is 11.9. The van der Waals surface area contributed by atoms with Gasteiger partial charge in [-0.15, -0.1) is 0 Å². The van der Waals surface area contributed by atoms with Crippen molar-refractivity contribution in [3.63, 3.8) is 0 Å². The highest BCUT2D eigenvalue weighted by Crippen LogP contribution is 2.37. The molecule has 0 saturated heterocycles. The Bertz CT molecular complexity index is 448. The lowest BCUT2D eigenvalue weighted by molar-refractivity contribution is -0.140. The standard InChI is InChI=1S/C10H12N2O3/c1-6(10(14)15)12-5-11-4-8(9(12)13)7-2-3-7/h4-7H,2-3H2,1H3,(H,14,15)/t6-/m0/s1. The van der Waals surface area contributed by atoms with E-state index in [9.17, 15) is 9.59 Å². The van der Waals surface area contributed by atoms with Crippen molar-refractivity contribution < 1.29 is 9.90 Å². The van der Waals surface area contributed by atoms with Crippen LogP contribution in [0.4, 0.5) is 0 Å². The SMILES string of the molecule is C[C@@H](C(=O)O)n1cncc(C2CC2)c1=O. The van der Waals surface area contributed by atoms with Crippen LogP contribution < -0.4 is 5.56 Å². The molecule has 0 radical (unpaired) electrons. The highest BCUT2D eigenvalue weighted by Gasteiger charge is 2.28. The Morgan fingerprint density at radius 2 is 2.33 bits per heavy atom. The Morgan fingerprint density at radius 1 is 1.67 bits per heavy atom. The van der Waals surface area contributed by atoms with Crippen LogP contribution in [0.15, 0.2) is 17.3 Å². The van der Waals surface area contributed by atoms with Gasteiger partial charge in [0.2, 0.25) is 0 Å². The van der Waals surface area contributed by atoms with Crippen LogP contribution in [0.1, 0.15) is 37.3 Å². The number of hydrogen-bond donors (Lipinski definition) is 1. The average molecular weight is 208 g/mol. The zero-order valence-corrected chi connectivity index (χ0v) is 8.38. The number of carbonyl (C=O) groups is 1. The highest BCUT2D eigenvalue weighted by molar-refractivity contribution is 5.71. The summed E-state index contributed by atoms with van der Waals surface area (Å²) in [4.78, 5) is 26.5. The summed E-state index contributed by atoms with van der Waals surface area (Å²) in [5.74, 6) is -0.731. The molecule has 5 heteroatoms. The van der Waals surface area contributed by atoms with Crippen LogP contribution in [-0.2, 0) is 4.79 Å². The first-order valence-corrected chi connectivity index (χ1v) is 4.90. The van der Waals surface area contributed by atoms with E-state index in [1.165, 1.54) is 17.8 Å². The second-order valence-electron chi connectivity index (χ2n) is 3.85. The summed E-state index contributed by atoms with van der Waals surface area (Å²) >= 11 is 0. The summed E-state index contributed by atoms with van der Waals surface area (Å²) < 4.78 is 1.18. The second kappa shape index (κ2) is 3.49. The van der Waals surface area contributed by atoms with Crippen molar-refractivity contribution in [1.82, 2.24) is 9.55 Å². The molecule has 1 fully saturated rings. The van der Waals surface area contributed by atoms with E-state index in [1.807, 2.05) is 0 Å². The van der Waals surface area contributed by atoms with E-state index >= 15 is 0 Å². The first kappa shape index (κ1) is 9.89. The Labute approximate surface area is 86.4 Å². The van der Waals surface area contributed by atoms with Gasteiger partial charge >= 0.3 is 5.97 Å². The van der Waals surface area contributed by atoms with Crippen LogP contribution in [0, 0.1) is 0 Å². The largest absolute Gasteiger partial charge is 0.480 e. The Hall–Kier alpha value is -1.65. The minimum absolute atomic E-state index is 0.220. The summed E-state index contributed by atoms with van der Waals surface area (Å²) in [7, 11) is 0. The molecule has 1 aromatic heterocycles. The molecule has 1 aromatic rings. The third kappa shape index (κ3) is 1.77. The maximum Gasteiger partial charge on any atom is 0.326 e. The lowest BCUT2D eigenvalue weighted by atomic mass is 10.2. The number of rotatable bonds is 3. The molecule has 0 amide bonds. The molecule has 0 aromatic carbocycles. The monoisotopic (exact) mass is 208 g/mol. The van der Waals surface area contributed by atoms with Crippen LogP contribution in [0.5, 0.6) is 0 Å². The smallest absolute Gasteiger partial charge is 0.326 e. The van der Waals surface area contributed by atoms with E-state index in [0.717, 1.165) is 12.8 Å². The van der Waals surface area contributed by atoms with Gasteiger partial charge in [-0.05, 0) is 25.7 Å². The fourth-order valence-corrected chi connectivity index (χ4v) is 1.51. The molecule has 0 spiro atoms. The molecule has 2 rings (SSSR count). The minimum Gasteiger partial charge on any atom is -0.480 e. The van der Waals surface area contributed by atoms with Crippen molar-refractivity contribution in [2.75, 3.05) is 0 Å². The van der Waals surface area contributed by atoms with E-state index in [1.54, 1.807) is 6.20 Å². The predicted molar refractivity (Wildman–Crippen MR) is 52.8 cm³/mol. The second-order valence-corrected chi connectivity index (χ2v) is 3.85. The number of aliphatic carboxylic acids is 1. The quantitative estimate of drug-likeness (QED) is 0.796. The molecule has 1 saturated carbocycles. The van der Waals surface area contributed by atoms with Crippen molar-refractivity contribution in [1.29, 1.82) is 0 Å². The molecule has 1 aliphatic rings. The zero-order valence-electron chi connectivity index (χ0n) is 8.38. The maximum atomic E-state index is 11.9. The molecular formula is C10H12N2O3. The average Bonchev–Trinajstić information content (AvgIpc) is 3.00. The lowest BCUT2D eigenvalue weighted by Gasteiger charge is -2.10. The zero-order chi connectivity index (χ0) is 11.0. The molecule has 0 unspecified atom stereocenters. The van der Waals surface area contributed by atoms with Crippen molar-refractivity contribution >= 4 is 5.97 Å². The molecule has 1 heterocycles. The summed E-state index contributed by atoms with van der Waals surface area (Å²) in [5.41, 5.74) is 0.424. The van der Waals surface area contributed by atoms with E-state index in [-0.39, 0.29) is 5.56 Å². The van der Waals surface area contributed by atoms with Crippen molar-refractivity contribution in [2.24, 2.45) is 0 Å². The minimum atomic E-state index is -1.02. The molecule has 1 atom stereocenters. The first-order chi connectivity index (χ1) is 7.11. The predicted octanol–water partition coefficient (Wildman–Crippen LogP) is 0.766. The van der Waals surface area contributed by atoms with Gasteiger partial charge in [-0.1, -0.05) is 0 Å². The van der Waals surface area contributed by atoms with Crippen molar-refractivity contribution in [3.8, 4) is 0 Å². The number of carboxylic acid groups (broad SMARTS) is 1. The van der Waals surface area contributed by atoms with Crippen LogP contribution in [0.25, 0.3) is 0 Å². The summed E-state index contributed by atoms with van der Waals surface area (Å²) in [5, 5.41) is 8.82. The van der Waals surface area contributed by atoms with Gasteiger partial charge in [-0.3, -0.25) is 9.36 Å². The van der Waals surface area contributed by atoms with Crippen LogP contribution in [0.3, 0.4) is 0 Å². The summed E-state index contributed by atoms with van der Waals surface area (Å²) in [6, 6.07) is -0.858. The number of carboxylic acids is 1. The van der Waals surface area contributed by atoms with Gasteiger partial charge in [0.25, 0.3) is 5.56 Å². The van der Waals surface area contributed by atoms with Crippen LogP contribution in [-0.4, -0.2) is 20.6 Å². The van der Waals surface area contributed by atoms with Crippen molar-refractivity contribution in [2.45, 2.75) is 31.7 Å². The van der Waals surface area contributed by atoms with Gasteiger partial charge in [-0.2, -0.15) is 0 Å². The van der Waals surface area contributed by atoms with Gasteiger partial charge in [-0.25, -0.2) is 9.78 Å². The Balaban J connectivity index is 2.44. The van der Waals surface area contributed by atoms with Gasteiger partial charge < -0.3 is 5.11 Å². The summed E-state index contributed by atoms with van der Waals surface area (Å²) in [6.45, 7) is 1.47. The van der Waals surface area contributed by atoms with Gasteiger partial charge in [0.15, 0.2) is 0 Å². The van der Waals surface area contributed by atoms with Gasteiger partial charge in [0.1, 0.15) is 6.04 Å². The molecule has 5 nitrogen and oxygen atoms in total. The molecule has 1 N–H and O–H groups in total. The fraction of sp³-hybridized carbons (Fsp3) is 0.500. The molecular weight excluding hydrogens is 196 g/mol. The highest BCUT2D eigenvalue weighted by atomic mass is 16.4. The molecule has 15 heavy (non-hydrogen) atoms. The van der Waals surface area contributed by atoms with Crippen LogP contribution in [0.2, 0.25) is 0 Å². The normalized spacial score (nSPS) is 17.4. The van der Waals surface area contributed by atoms with E-state index in [0.29, 0.717) is 11.5 Å². The van der Waals surface area contributed by atoms with E-state index < -0.39 is 12.0 Å². The molecule has 1 aliphatic carbocycles. The molecule has 0 aliphatic heterocycles. The van der Waals surface area contributed by atoms with Crippen LogP contribution >= 0.6 is 0 Å². The van der Waals surface area contributed by atoms with Gasteiger partial charge in [0, 0.05) is 11.8 Å². The van der Waals surface area contributed by atoms with Gasteiger partial charge in [0.05, 0.1) is 6.33 Å². The third-order valence-corrected chi connectivity index (χ3v) is 2.68. The van der Waals surface area contributed by atoms with Crippen molar-refractivity contribution in [3.05, 3.63) is 28.4 Å². The summed E-state index contributed by atoms with van der Waals surface area (Å²) in [6.07, 6.45) is 4.84. The topological polar surface area (TPSA) is 72.2 Å². The fourth-order valence-electron chi connectivity index (χ4n) is 1.51. The lowest BCUT2D eigenvalue weighted by Crippen LogP contribution is -2.30.